The lowest BCUT2D eigenvalue weighted by Gasteiger charge is -2.39. The number of hydrogen-bond acceptors (Lipinski definition) is 4. The van der Waals surface area contributed by atoms with Crippen LogP contribution < -0.4 is 4.90 Å². The molecule has 0 spiro atoms. The fraction of sp³-hybridized carbons (Fsp3) is 0.321. The first kappa shape index (κ1) is 22.5. The number of aryl methyl sites for hydroxylation is 1. The zero-order chi connectivity index (χ0) is 24.0. The third-order valence-electron chi connectivity index (χ3n) is 7.53. The number of sulfonamides is 1. The first-order valence-electron chi connectivity index (χ1n) is 12.3. The first-order chi connectivity index (χ1) is 17.0. The molecule has 0 aromatic heterocycles. The lowest BCUT2D eigenvalue weighted by atomic mass is 9.96. The maximum Gasteiger partial charge on any atom is 0.243 e. The van der Waals surface area contributed by atoms with Crippen LogP contribution in [0.5, 0.6) is 0 Å². The van der Waals surface area contributed by atoms with Gasteiger partial charge in [0.15, 0.2) is 0 Å². The number of amides is 1. The van der Waals surface area contributed by atoms with E-state index < -0.39 is 10.0 Å². The molecule has 3 heterocycles. The van der Waals surface area contributed by atoms with Crippen molar-refractivity contribution in [1.29, 1.82) is 0 Å². The van der Waals surface area contributed by atoms with Crippen LogP contribution in [0, 0.1) is 0 Å². The molecule has 35 heavy (non-hydrogen) atoms. The largest absolute Gasteiger partial charge is 0.312 e. The Balaban J connectivity index is 1.24. The number of hydrogen-bond donors (Lipinski definition) is 0. The van der Waals surface area contributed by atoms with Crippen LogP contribution in [0.2, 0.25) is 0 Å². The molecule has 3 aromatic carbocycles. The SMILES string of the molecule is O=C1CCc2cc(S(=O)(=O)N3CCN(C(c4ccccc4)c4ccccc4)CC3)cc3c2N1CC3. The zero-order valence-electron chi connectivity index (χ0n) is 19.6. The molecule has 0 bridgehead atoms. The van der Waals surface area contributed by atoms with Gasteiger partial charge in [-0.05, 0) is 47.2 Å². The minimum atomic E-state index is -3.60. The normalized spacial score (nSPS) is 18.8. The van der Waals surface area contributed by atoms with Gasteiger partial charge in [-0.3, -0.25) is 9.69 Å². The molecular weight excluding hydrogens is 458 g/mol. The van der Waals surface area contributed by atoms with Gasteiger partial charge in [0.05, 0.1) is 16.6 Å². The molecule has 6 rings (SSSR count). The Morgan fingerprint density at radius 1 is 0.686 bits per heavy atom. The van der Waals surface area contributed by atoms with Crippen molar-refractivity contribution in [3.63, 3.8) is 0 Å². The molecule has 3 aliphatic rings. The molecule has 6 nitrogen and oxygen atoms in total. The summed E-state index contributed by atoms with van der Waals surface area (Å²) in [4.78, 5) is 16.8. The van der Waals surface area contributed by atoms with E-state index in [0.717, 1.165) is 23.2 Å². The summed E-state index contributed by atoms with van der Waals surface area (Å²) >= 11 is 0. The summed E-state index contributed by atoms with van der Waals surface area (Å²) in [6, 6.07) is 24.5. The summed E-state index contributed by atoms with van der Waals surface area (Å²) in [5, 5.41) is 0. The van der Waals surface area contributed by atoms with Gasteiger partial charge >= 0.3 is 0 Å². The quantitative estimate of drug-likeness (QED) is 0.552. The van der Waals surface area contributed by atoms with Crippen LogP contribution in [0.3, 0.4) is 0 Å². The first-order valence-corrected chi connectivity index (χ1v) is 13.8. The van der Waals surface area contributed by atoms with E-state index in [4.69, 9.17) is 0 Å². The highest BCUT2D eigenvalue weighted by atomic mass is 32.2. The maximum atomic E-state index is 13.7. The predicted molar refractivity (Wildman–Crippen MR) is 136 cm³/mol. The lowest BCUT2D eigenvalue weighted by Crippen LogP contribution is -2.49. The lowest BCUT2D eigenvalue weighted by molar-refractivity contribution is -0.118. The number of carbonyl (C=O) groups is 1. The molecule has 1 saturated heterocycles. The van der Waals surface area contributed by atoms with Crippen molar-refractivity contribution in [1.82, 2.24) is 9.21 Å². The molecule has 0 atom stereocenters. The van der Waals surface area contributed by atoms with E-state index in [0.29, 0.717) is 50.5 Å². The van der Waals surface area contributed by atoms with Gasteiger partial charge < -0.3 is 4.90 Å². The Kier molecular flexibility index (Phi) is 5.71. The molecule has 1 amide bonds. The van der Waals surface area contributed by atoms with Crippen LogP contribution in [0.25, 0.3) is 0 Å². The second kappa shape index (κ2) is 8.90. The highest BCUT2D eigenvalue weighted by Crippen LogP contribution is 2.39. The predicted octanol–water partition coefficient (Wildman–Crippen LogP) is 3.62. The highest BCUT2D eigenvalue weighted by Gasteiger charge is 2.36. The van der Waals surface area contributed by atoms with Gasteiger partial charge in [-0.15, -0.1) is 0 Å². The van der Waals surface area contributed by atoms with Gasteiger partial charge in [0.25, 0.3) is 0 Å². The van der Waals surface area contributed by atoms with E-state index in [-0.39, 0.29) is 11.9 Å². The molecule has 0 saturated carbocycles. The molecule has 0 aliphatic carbocycles. The average Bonchev–Trinajstić information content (AvgIpc) is 3.34. The van der Waals surface area contributed by atoms with Crippen molar-refractivity contribution >= 4 is 21.6 Å². The summed E-state index contributed by atoms with van der Waals surface area (Å²) in [6.07, 6.45) is 1.79. The Bertz CT molecular complexity index is 1310. The number of carbonyl (C=O) groups excluding carboxylic acids is 1. The third kappa shape index (κ3) is 3.97. The van der Waals surface area contributed by atoms with Crippen LogP contribution in [0.1, 0.15) is 34.7 Å². The molecule has 3 aromatic rings. The molecule has 0 unspecified atom stereocenters. The van der Waals surface area contributed by atoms with Gasteiger partial charge in [0, 0.05) is 39.1 Å². The standard InChI is InChI=1S/C28H29N3O3S/c32-26-12-11-23-19-25(20-24-13-14-31(26)28(23)24)35(33,34)30-17-15-29(16-18-30)27(21-7-3-1-4-8-21)22-9-5-2-6-10-22/h1-10,19-20,27H,11-18H2. The molecule has 3 aliphatic heterocycles. The van der Waals surface area contributed by atoms with Crippen LogP contribution in [-0.4, -0.2) is 56.3 Å². The van der Waals surface area contributed by atoms with Gasteiger partial charge in [-0.25, -0.2) is 8.42 Å². The monoisotopic (exact) mass is 487 g/mol. The smallest absolute Gasteiger partial charge is 0.243 e. The second-order valence-corrected chi connectivity index (χ2v) is 11.5. The summed E-state index contributed by atoms with van der Waals surface area (Å²) in [6.45, 7) is 2.89. The number of nitrogens with zero attached hydrogens (tertiary/aromatic N) is 3. The zero-order valence-corrected chi connectivity index (χ0v) is 20.5. The van der Waals surface area contributed by atoms with Crippen molar-refractivity contribution < 1.29 is 13.2 Å². The van der Waals surface area contributed by atoms with Crippen molar-refractivity contribution in [3.05, 3.63) is 95.1 Å². The fourth-order valence-corrected chi connectivity index (χ4v) is 7.34. The van der Waals surface area contributed by atoms with Crippen LogP contribution in [-0.2, 0) is 27.7 Å². The molecule has 0 radical (unpaired) electrons. The Morgan fingerprint density at radius 3 is 1.86 bits per heavy atom. The molecule has 7 heteroatoms. The van der Waals surface area contributed by atoms with Crippen LogP contribution in [0.4, 0.5) is 5.69 Å². The van der Waals surface area contributed by atoms with Crippen molar-refractivity contribution in [2.45, 2.75) is 30.2 Å². The van der Waals surface area contributed by atoms with Crippen molar-refractivity contribution in [2.24, 2.45) is 0 Å². The fourth-order valence-electron chi connectivity index (χ4n) is 5.81. The second-order valence-electron chi connectivity index (χ2n) is 9.55. The number of benzene rings is 3. The summed E-state index contributed by atoms with van der Waals surface area (Å²) < 4.78 is 29.0. The van der Waals surface area contributed by atoms with E-state index in [2.05, 4.69) is 53.4 Å². The molecule has 180 valence electrons. The minimum absolute atomic E-state index is 0.0928. The Labute approximate surface area is 206 Å². The van der Waals surface area contributed by atoms with E-state index in [9.17, 15) is 13.2 Å². The Morgan fingerprint density at radius 2 is 1.26 bits per heavy atom. The third-order valence-corrected chi connectivity index (χ3v) is 9.41. The Hall–Kier alpha value is -3.00. The van der Waals surface area contributed by atoms with Gasteiger partial charge in [-0.1, -0.05) is 60.7 Å². The van der Waals surface area contributed by atoms with E-state index >= 15 is 0 Å². The van der Waals surface area contributed by atoms with E-state index in [1.165, 1.54) is 11.1 Å². The number of piperazine rings is 1. The van der Waals surface area contributed by atoms with Crippen LogP contribution >= 0.6 is 0 Å². The minimum Gasteiger partial charge on any atom is -0.312 e. The topological polar surface area (TPSA) is 60.9 Å². The molecule has 1 fully saturated rings. The molecule has 0 N–H and O–H groups in total. The number of rotatable bonds is 5. The average molecular weight is 488 g/mol. The van der Waals surface area contributed by atoms with Crippen molar-refractivity contribution in [3.8, 4) is 0 Å². The van der Waals surface area contributed by atoms with Gasteiger partial charge in [-0.2, -0.15) is 4.31 Å². The van der Waals surface area contributed by atoms with Gasteiger partial charge in [0.2, 0.25) is 15.9 Å². The number of anilines is 1. The summed E-state index contributed by atoms with van der Waals surface area (Å²) in [5.41, 5.74) is 5.36. The van der Waals surface area contributed by atoms with Crippen molar-refractivity contribution in [2.75, 3.05) is 37.6 Å². The van der Waals surface area contributed by atoms with Crippen LogP contribution in [0.15, 0.2) is 77.7 Å². The van der Waals surface area contributed by atoms with E-state index in [1.54, 1.807) is 10.4 Å². The summed E-state index contributed by atoms with van der Waals surface area (Å²) in [7, 11) is -3.60. The maximum absolute atomic E-state index is 13.7. The summed E-state index contributed by atoms with van der Waals surface area (Å²) in [5.74, 6) is 0.148. The highest BCUT2D eigenvalue weighted by molar-refractivity contribution is 7.89. The molecular formula is C28H29N3O3S. The van der Waals surface area contributed by atoms with Gasteiger partial charge in [0.1, 0.15) is 0 Å². The van der Waals surface area contributed by atoms with E-state index in [1.807, 2.05) is 23.1 Å².